The molecular weight excluding hydrogens is 282 g/mol. The third-order valence-electron chi connectivity index (χ3n) is 3.54. The van der Waals surface area contributed by atoms with Crippen LogP contribution in [-0.4, -0.2) is 37.1 Å². The van der Waals surface area contributed by atoms with Crippen LogP contribution < -0.4 is 4.74 Å². The number of morpholine rings is 1. The first-order chi connectivity index (χ1) is 10.7. The Hall–Kier alpha value is -2.27. The summed E-state index contributed by atoms with van der Waals surface area (Å²) in [7, 11) is 0. The molecule has 5 heteroatoms. The Labute approximate surface area is 129 Å². The van der Waals surface area contributed by atoms with Gasteiger partial charge in [-0.3, -0.25) is 4.79 Å². The number of nitrogens with zero attached hydrogens (tertiary/aromatic N) is 1. The van der Waals surface area contributed by atoms with Crippen LogP contribution in [0.5, 0.6) is 5.75 Å². The molecule has 0 aliphatic carbocycles. The summed E-state index contributed by atoms with van der Waals surface area (Å²) in [5, 5.41) is 0. The molecule has 0 bridgehead atoms. The van der Waals surface area contributed by atoms with Gasteiger partial charge in [-0.2, -0.15) is 0 Å². The Kier molecular flexibility index (Phi) is 4.44. The maximum atomic E-state index is 12.3. The molecule has 0 atom stereocenters. The number of benzene rings is 1. The summed E-state index contributed by atoms with van der Waals surface area (Å²) in [6.07, 6.45) is 0. The topological polar surface area (TPSA) is 51.9 Å². The van der Waals surface area contributed by atoms with Crippen LogP contribution in [0, 0.1) is 6.92 Å². The second-order valence-electron chi connectivity index (χ2n) is 5.28. The molecule has 0 saturated carbocycles. The number of aryl methyl sites for hydroxylation is 1. The molecule has 1 aromatic carbocycles. The molecule has 0 spiro atoms. The van der Waals surface area contributed by atoms with E-state index in [2.05, 4.69) is 0 Å². The van der Waals surface area contributed by atoms with Gasteiger partial charge >= 0.3 is 0 Å². The van der Waals surface area contributed by atoms with E-state index in [1.807, 2.05) is 31.2 Å². The van der Waals surface area contributed by atoms with Crippen LogP contribution in [0.3, 0.4) is 0 Å². The van der Waals surface area contributed by atoms with Crippen LogP contribution in [0.4, 0.5) is 0 Å². The summed E-state index contributed by atoms with van der Waals surface area (Å²) >= 11 is 0. The summed E-state index contributed by atoms with van der Waals surface area (Å²) in [6.45, 7) is 4.69. The number of hydrogen-bond acceptors (Lipinski definition) is 4. The smallest absolute Gasteiger partial charge is 0.289 e. The summed E-state index contributed by atoms with van der Waals surface area (Å²) < 4.78 is 16.5. The fourth-order valence-corrected chi connectivity index (χ4v) is 2.35. The normalized spacial score (nSPS) is 14.9. The van der Waals surface area contributed by atoms with Crippen molar-refractivity contribution in [2.24, 2.45) is 0 Å². The van der Waals surface area contributed by atoms with Crippen molar-refractivity contribution in [3.05, 3.63) is 53.5 Å². The van der Waals surface area contributed by atoms with Crippen molar-refractivity contribution in [3.63, 3.8) is 0 Å². The second-order valence-corrected chi connectivity index (χ2v) is 5.28. The van der Waals surface area contributed by atoms with Gasteiger partial charge in [0, 0.05) is 13.1 Å². The third-order valence-corrected chi connectivity index (χ3v) is 3.54. The van der Waals surface area contributed by atoms with Crippen molar-refractivity contribution in [2.75, 3.05) is 26.3 Å². The molecule has 1 aromatic heterocycles. The summed E-state index contributed by atoms with van der Waals surface area (Å²) in [6, 6.07) is 11.3. The largest absolute Gasteiger partial charge is 0.486 e. The van der Waals surface area contributed by atoms with Crippen LogP contribution in [0.2, 0.25) is 0 Å². The van der Waals surface area contributed by atoms with Crippen molar-refractivity contribution < 1.29 is 18.7 Å². The van der Waals surface area contributed by atoms with Crippen LogP contribution in [0.25, 0.3) is 0 Å². The fraction of sp³-hybridized carbons (Fsp3) is 0.353. The first-order valence-electron chi connectivity index (χ1n) is 7.37. The fourth-order valence-electron chi connectivity index (χ4n) is 2.35. The zero-order valence-electron chi connectivity index (χ0n) is 12.6. The van der Waals surface area contributed by atoms with Gasteiger partial charge in [-0.05, 0) is 36.8 Å². The summed E-state index contributed by atoms with van der Waals surface area (Å²) in [5.41, 5.74) is 1.14. The monoisotopic (exact) mass is 301 g/mol. The lowest BCUT2D eigenvalue weighted by Gasteiger charge is -2.25. The Bertz CT molecular complexity index is 644. The van der Waals surface area contributed by atoms with E-state index in [4.69, 9.17) is 13.9 Å². The van der Waals surface area contributed by atoms with E-state index >= 15 is 0 Å². The number of hydrogen-bond donors (Lipinski definition) is 0. The zero-order valence-corrected chi connectivity index (χ0v) is 12.6. The lowest BCUT2D eigenvalue weighted by atomic mass is 10.2. The highest BCUT2D eigenvalue weighted by atomic mass is 16.5. The van der Waals surface area contributed by atoms with Gasteiger partial charge in [0.05, 0.1) is 13.2 Å². The highest BCUT2D eigenvalue weighted by Crippen LogP contribution is 2.17. The quantitative estimate of drug-likeness (QED) is 0.871. The predicted molar refractivity (Wildman–Crippen MR) is 80.9 cm³/mol. The third kappa shape index (κ3) is 3.49. The molecule has 1 saturated heterocycles. The molecule has 0 N–H and O–H groups in total. The van der Waals surface area contributed by atoms with Crippen molar-refractivity contribution in [1.82, 2.24) is 4.90 Å². The predicted octanol–water partition coefficient (Wildman–Crippen LogP) is 2.64. The van der Waals surface area contributed by atoms with Gasteiger partial charge in [0.25, 0.3) is 5.91 Å². The lowest BCUT2D eigenvalue weighted by molar-refractivity contribution is 0.0281. The van der Waals surface area contributed by atoms with Crippen LogP contribution >= 0.6 is 0 Å². The zero-order chi connectivity index (χ0) is 15.4. The van der Waals surface area contributed by atoms with E-state index in [0.29, 0.717) is 44.4 Å². The van der Waals surface area contributed by atoms with Gasteiger partial charge in [0.1, 0.15) is 18.1 Å². The molecule has 1 amide bonds. The highest BCUT2D eigenvalue weighted by molar-refractivity contribution is 5.91. The minimum atomic E-state index is -0.0925. The lowest BCUT2D eigenvalue weighted by Crippen LogP contribution is -2.40. The Morgan fingerprint density at radius 1 is 1.23 bits per heavy atom. The van der Waals surface area contributed by atoms with Gasteiger partial charge in [-0.25, -0.2) is 0 Å². The summed E-state index contributed by atoms with van der Waals surface area (Å²) in [4.78, 5) is 14.0. The van der Waals surface area contributed by atoms with Crippen molar-refractivity contribution >= 4 is 5.91 Å². The van der Waals surface area contributed by atoms with E-state index < -0.39 is 0 Å². The highest BCUT2D eigenvalue weighted by Gasteiger charge is 2.21. The van der Waals surface area contributed by atoms with E-state index in [1.54, 1.807) is 17.0 Å². The molecule has 5 nitrogen and oxygen atoms in total. The number of amides is 1. The molecule has 116 valence electrons. The number of ether oxygens (including phenoxy) is 2. The molecule has 3 rings (SSSR count). The van der Waals surface area contributed by atoms with Gasteiger partial charge in [0.2, 0.25) is 0 Å². The van der Waals surface area contributed by atoms with Gasteiger partial charge in [0.15, 0.2) is 5.76 Å². The molecule has 1 fully saturated rings. The molecule has 2 heterocycles. The average Bonchev–Trinajstić information content (AvgIpc) is 3.02. The molecular formula is C17H19NO4. The average molecular weight is 301 g/mol. The molecule has 1 aliphatic rings. The molecule has 0 unspecified atom stereocenters. The SMILES string of the molecule is Cc1cccc(OCc2ccc(C(=O)N3CCOCC3)o2)c1. The minimum Gasteiger partial charge on any atom is -0.486 e. The van der Waals surface area contributed by atoms with E-state index in [9.17, 15) is 4.79 Å². The summed E-state index contributed by atoms with van der Waals surface area (Å²) in [5.74, 6) is 1.69. The Morgan fingerprint density at radius 2 is 2.05 bits per heavy atom. The van der Waals surface area contributed by atoms with E-state index in [1.165, 1.54) is 0 Å². The standard InChI is InChI=1S/C17H19NO4/c1-13-3-2-4-14(11-13)21-12-15-5-6-16(22-15)17(19)18-7-9-20-10-8-18/h2-6,11H,7-10,12H2,1H3. The first-order valence-corrected chi connectivity index (χ1v) is 7.37. The van der Waals surface area contributed by atoms with Gasteiger partial charge in [-0.1, -0.05) is 12.1 Å². The molecule has 22 heavy (non-hydrogen) atoms. The molecule has 2 aromatic rings. The van der Waals surface area contributed by atoms with Gasteiger partial charge in [-0.15, -0.1) is 0 Å². The van der Waals surface area contributed by atoms with Crippen LogP contribution in [-0.2, 0) is 11.3 Å². The number of carbonyl (C=O) groups is 1. The van der Waals surface area contributed by atoms with Gasteiger partial charge < -0.3 is 18.8 Å². The maximum absolute atomic E-state index is 12.3. The number of rotatable bonds is 4. The molecule has 0 radical (unpaired) electrons. The minimum absolute atomic E-state index is 0.0925. The molecule has 1 aliphatic heterocycles. The maximum Gasteiger partial charge on any atom is 0.289 e. The Morgan fingerprint density at radius 3 is 2.82 bits per heavy atom. The van der Waals surface area contributed by atoms with Crippen LogP contribution in [0.15, 0.2) is 40.8 Å². The van der Waals surface area contributed by atoms with Crippen LogP contribution in [0.1, 0.15) is 21.9 Å². The number of furan rings is 1. The first kappa shape index (κ1) is 14.7. The van der Waals surface area contributed by atoms with E-state index in [-0.39, 0.29) is 5.91 Å². The van der Waals surface area contributed by atoms with Crippen molar-refractivity contribution in [2.45, 2.75) is 13.5 Å². The van der Waals surface area contributed by atoms with Crippen molar-refractivity contribution in [3.8, 4) is 5.75 Å². The van der Waals surface area contributed by atoms with Crippen molar-refractivity contribution in [1.29, 1.82) is 0 Å². The Balaban J connectivity index is 1.60. The second kappa shape index (κ2) is 6.66. The van der Waals surface area contributed by atoms with E-state index in [0.717, 1.165) is 11.3 Å². The number of carbonyl (C=O) groups excluding carboxylic acids is 1.